The van der Waals surface area contributed by atoms with Crippen LogP contribution >= 0.6 is 11.8 Å². The summed E-state index contributed by atoms with van der Waals surface area (Å²) in [7, 11) is 0. The average Bonchev–Trinajstić information content (AvgIpc) is 2.27. The molecule has 1 aromatic heterocycles. The average molecular weight is 266 g/mol. The van der Waals surface area contributed by atoms with E-state index < -0.39 is 0 Å². The van der Waals surface area contributed by atoms with Crippen molar-refractivity contribution in [3.8, 4) is 0 Å². The van der Waals surface area contributed by atoms with E-state index in [1.807, 2.05) is 17.8 Å². The van der Waals surface area contributed by atoms with Gasteiger partial charge in [-0.25, -0.2) is 9.97 Å². The molecule has 1 unspecified atom stereocenters. The van der Waals surface area contributed by atoms with Gasteiger partial charge in [0.25, 0.3) is 0 Å². The Morgan fingerprint density at radius 3 is 2.72 bits per heavy atom. The molecule has 0 aromatic carbocycles. The first-order valence-corrected chi connectivity index (χ1v) is 7.53. The molecule has 0 spiro atoms. The van der Waals surface area contributed by atoms with Crippen LogP contribution < -0.4 is 10.6 Å². The zero-order chi connectivity index (χ0) is 13.3. The number of aromatic nitrogens is 2. The Balaban J connectivity index is 2.35. The fourth-order valence-corrected chi connectivity index (χ4v) is 3.02. The molecule has 1 fully saturated rings. The lowest BCUT2D eigenvalue weighted by atomic mass is 9.96. The lowest BCUT2D eigenvalue weighted by Crippen LogP contribution is -2.41. The van der Waals surface area contributed by atoms with Gasteiger partial charge in [0.15, 0.2) is 0 Å². The van der Waals surface area contributed by atoms with Crippen molar-refractivity contribution in [3.05, 3.63) is 11.9 Å². The van der Waals surface area contributed by atoms with Crippen LogP contribution in [0.3, 0.4) is 0 Å². The highest BCUT2D eigenvalue weighted by Crippen LogP contribution is 2.26. The van der Waals surface area contributed by atoms with Gasteiger partial charge in [0.05, 0.1) is 0 Å². The summed E-state index contributed by atoms with van der Waals surface area (Å²) in [5, 5.41) is 0. The molecule has 100 valence electrons. The van der Waals surface area contributed by atoms with Crippen molar-refractivity contribution in [2.45, 2.75) is 39.2 Å². The van der Waals surface area contributed by atoms with Gasteiger partial charge in [0.1, 0.15) is 17.5 Å². The number of thioether (sulfide) groups is 1. The van der Waals surface area contributed by atoms with Crippen LogP contribution in [0.5, 0.6) is 0 Å². The zero-order valence-corrected chi connectivity index (χ0v) is 12.4. The number of nitrogens with zero attached hydrogens (tertiary/aromatic N) is 3. The van der Waals surface area contributed by atoms with Crippen molar-refractivity contribution < 1.29 is 0 Å². The standard InChI is InChI=1S/C13H22N4S/c1-9-8-18-6-5-17(9)11-7-10(14)15-12(16-11)13(2,3)4/h7,9H,5-6,8H2,1-4H3,(H2,14,15,16). The second kappa shape index (κ2) is 4.96. The van der Waals surface area contributed by atoms with E-state index in [9.17, 15) is 0 Å². The summed E-state index contributed by atoms with van der Waals surface area (Å²) in [6.07, 6.45) is 0. The normalized spacial score (nSPS) is 21.1. The first-order chi connectivity index (χ1) is 8.38. The Kier molecular flexibility index (Phi) is 3.71. The number of hydrogen-bond donors (Lipinski definition) is 1. The SMILES string of the molecule is CC1CSCCN1c1cc(N)nc(C(C)(C)C)n1. The van der Waals surface area contributed by atoms with Gasteiger partial charge in [-0.05, 0) is 6.92 Å². The molecule has 2 rings (SSSR count). The van der Waals surface area contributed by atoms with Crippen LogP contribution in [0.4, 0.5) is 11.6 Å². The molecule has 0 amide bonds. The van der Waals surface area contributed by atoms with E-state index in [1.54, 1.807) is 0 Å². The summed E-state index contributed by atoms with van der Waals surface area (Å²) in [6.45, 7) is 9.61. The van der Waals surface area contributed by atoms with E-state index in [2.05, 4.69) is 37.6 Å². The highest BCUT2D eigenvalue weighted by molar-refractivity contribution is 7.99. The van der Waals surface area contributed by atoms with Crippen molar-refractivity contribution in [2.75, 3.05) is 28.7 Å². The first-order valence-electron chi connectivity index (χ1n) is 6.37. The van der Waals surface area contributed by atoms with E-state index in [1.165, 1.54) is 0 Å². The Hall–Kier alpha value is -0.970. The van der Waals surface area contributed by atoms with Crippen LogP contribution in [0.25, 0.3) is 0 Å². The summed E-state index contributed by atoms with van der Waals surface area (Å²) < 4.78 is 0. The predicted octanol–water partition coefficient (Wildman–Crippen LogP) is 2.30. The molecule has 1 aliphatic rings. The summed E-state index contributed by atoms with van der Waals surface area (Å²) in [5.41, 5.74) is 5.85. The Morgan fingerprint density at radius 1 is 1.39 bits per heavy atom. The van der Waals surface area contributed by atoms with Gasteiger partial charge >= 0.3 is 0 Å². The molecule has 0 aliphatic carbocycles. The van der Waals surface area contributed by atoms with Gasteiger partial charge in [-0.1, -0.05) is 20.8 Å². The maximum Gasteiger partial charge on any atom is 0.138 e. The van der Waals surface area contributed by atoms with Gasteiger partial charge in [-0.2, -0.15) is 11.8 Å². The number of rotatable bonds is 1. The van der Waals surface area contributed by atoms with Gasteiger partial charge in [-0.15, -0.1) is 0 Å². The molecular weight excluding hydrogens is 244 g/mol. The third-order valence-electron chi connectivity index (χ3n) is 3.07. The number of nitrogen functional groups attached to an aromatic ring is 1. The molecule has 1 aromatic rings. The molecular formula is C13H22N4S. The van der Waals surface area contributed by atoms with Crippen LogP contribution in [0.1, 0.15) is 33.5 Å². The minimum absolute atomic E-state index is 0.0715. The molecule has 0 saturated carbocycles. The molecule has 1 atom stereocenters. The fraction of sp³-hybridized carbons (Fsp3) is 0.692. The minimum Gasteiger partial charge on any atom is -0.384 e. The molecule has 18 heavy (non-hydrogen) atoms. The number of anilines is 2. The van der Waals surface area contributed by atoms with Crippen LogP contribution in [0.15, 0.2) is 6.07 Å². The van der Waals surface area contributed by atoms with E-state index in [0.29, 0.717) is 11.9 Å². The summed E-state index contributed by atoms with van der Waals surface area (Å²) >= 11 is 2.00. The van der Waals surface area contributed by atoms with Gasteiger partial charge in [0.2, 0.25) is 0 Å². The van der Waals surface area contributed by atoms with Crippen molar-refractivity contribution >= 4 is 23.4 Å². The largest absolute Gasteiger partial charge is 0.384 e. The topological polar surface area (TPSA) is 55.0 Å². The van der Waals surface area contributed by atoms with Crippen molar-refractivity contribution in [3.63, 3.8) is 0 Å². The smallest absolute Gasteiger partial charge is 0.138 e. The van der Waals surface area contributed by atoms with E-state index in [4.69, 9.17) is 10.7 Å². The first kappa shape index (κ1) is 13.5. The second-order valence-electron chi connectivity index (χ2n) is 5.84. The van der Waals surface area contributed by atoms with Crippen molar-refractivity contribution in [2.24, 2.45) is 0 Å². The third kappa shape index (κ3) is 2.88. The summed E-state index contributed by atoms with van der Waals surface area (Å²) in [4.78, 5) is 11.4. The lowest BCUT2D eigenvalue weighted by Gasteiger charge is -2.34. The molecule has 1 aliphatic heterocycles. The van der Waals surface area contributed by atoms with Crippen LogP contribution in [-0.4, -0.2) is 34.1 Å². The zero-order valence-electron chi connectivity index (χ0n) is 11.6. The molecule has 2 heterocycles. The molecule has 1 saturated heterocycles. The maximum atomic E-state index is 5.93. The third-order valence-corrected chi connectivity index (χ3v) is 4.25. The molecule has 5 heteroatoms. The van der Waals surface area contributed by atoms with Gasteiger partial charge in [0, 0.05) is 35.6 Å². The maximum absolute atomic E-state index is 5.93. The monoisotopic (exact) mass is 266 g/mol. The lowest BCUT2D eigenvalue weighted by molar-refractivity contribution is 0.543. The van der Waals surface area contributed by atoms with Crippen LogP contribution in [0, 0.1) is 0 Å². The molecule has 0 radical (unpaired) electrons. The van der Waals surface area contributed by atoms with E-state index >= 15 is 0 Å². The second-order valence-corrected chi connectivity index (χ2v) is 6.99. The number of hydrogen-bond acceptors (Lipinski definition) is 5. The molecule has 4 nitrogen and oxygen atoms in total. The predicted molar refractivity (Wildman–Crippen MR) is 79.3 cm³/mol. The Labute approximate surface area is 113 Å². The highest BCUT2D eigenvalue weighted by atomic mass is 32.2. The Bertz CT molecular complexity index is 427. The van der Waals surface area contributed by atoms with Crippen molar-refractivity contribution in [1.82, 2.24) is 9.97 Å². The van der Waals surface area contributed by atoms with E-state index in [-0.39, 0.29) is 5.41 Å². The Morgan fingerprint density at radius 2 is 2.11 bits per heavy atom. The fourth-order valence-electron chi connectivity index (χ4n) is 2.00. The number of nitrogens with two attached hydrogens (primary N) is 1. The quantitative estimate of drug-likeness (QED) is 0.845. The van der Waals surface area contributed by atoms with Crippen LogP contribution in [0.2, 0.25) is 0 Å². The summed E-state index contributed by atoms with van der Waals surface area (Å²) in [6, 6.07) is 2.40. The van der Waals surface area contributed by atoms with Crippen molar-refractivity contribution in [1.29, 1.82) is 0 Å². The highest BCUT2D eigenvalue weighted by Gasteiger charge is 2.24. The van der Waals surface area contributed by atoms with Gasteiger partial charge in [-0.3, -0.25) is 0 Å². The summed E-state index contributed by atoms with van der Waals surface area (Å²) in [5.74, 6) is 4.66. The molecule has 0 bridgehead atoms. The minimum atomic E-state index is -0.0715. The van der Waals surface area contributed by atoms with E-state index in [0.717, 1.165) is 29.7 Å². The van der Waals surface area contributed by atoms with Crippen LogP contribution in [-0.2, 0) is 5.41 Å². The van der Waals surface area contributed by atoms with Gasteiger partial charge < -0.3 is 10.6 Å². The molecule has 2 N–H and O–H groups in total.